The molecule has 0 unspecified atom stereocenters. The Morgan fingerprint density at radius 2 is 1.76 bits per heavy atom. The number of carbonyl (C=O) groups is 1. The van der Waals surface area contributed by atoms with E-state index in [0.29, 0.717) is 23.8 Å². The van der Waals surface area contributed by atoms with Crippen molar-refractivity contribution in [1.82, 2.24) is 0 Å². The van der Waals surface area contributed by atoms with E-state index >= 15 is 0 Å². The van der Waals surface area contributed by atoms with Gasteiger partial charge in [0.05, 0.1) is 12.3 Å². The first-order valence-corrected chi connectivity index (χ1v) is 6.95. The minimum Gasteiger partial charge on any atom is -0.492 e. The number of nitrogens with one attached hydrogen (secondary N) is 1. The third-order valence-corrected chi connectivity index (χ3v) is 2.87. The molecule has 1 amide bonds. The number of benzene rings is 2. The molecule has 21 heavy (non-hydrogen) atoms. The van der Waals surface area contributed by atoms with Gasteiger partial charge in [0.1, 0.15) is 11.5 Å². The quantitative estimate of drug-likeness (QED) is 0.883. The maximum absolute atomic E-state index is 12.2. The van der Waals surface area contributed by atoms with E-state index in [0.717, 1.165) is 0 Å². The molecule has 1 atom stereocenters. The molecule has 0 radical (unpaired) electrons. The van der Waals surface area contributed by atoms with E-state index in [-0.39, 0.29) is 5.91 Å². The molecule has 0 saturated carbocycles. The fourth-order valence-electron chi connectivity index (χ4n) is 1.84. The third-order valence-electron chi connectivity index (χ3n) is 2.87. The van der Waals surface area contributed by atoms with Gasteiger partial charge < -0.3 is 14.8 Å². The van der Waals surface area contributed by atoms with Crippen LogP contribution < -0.4 is 14.8 Å². The molecule has 2 aromatic rings. The second kappa shape index (κ2) is 7.33. The van der Waals surface area contributed by atoms with Gasteiger partial charge in [0.2, 0.25) is 0 Å². The molecule has 4 heteroatoms. The summed E-state index contributed by atoms with van der Waals surface area (Å²) in [5.41, 5.74) is 0.646. The minimum atomic E-state index is -0.595. The second-order valence-corrected chi connectivity index (χ2v) is 4.49. The van der Waals surface area contributed by atoms with Crippen LogP contribution in [0.15, 0.2) is 54.6 Å². The van der Waals surface area contributed by atoms with Crippen molar-refractivity contribution in [3.05, 3.63) is 54.6 Å². The van der Waals surface area contributed by atoms with Gasteiger partial charge in [-0.1, -0.05) is 30.3 Å². The first-order chi connectivity index (χ1) is 10.2. The Morgan fingerprint density at radius 1 is 1.10 bits per heavy atom. The van der Waals surface area contributed by atoms with Crippen LogP contribution in [0.25, 0.3) is 0 Å². The summed E-state index contributed by atoms with van der Waals surface area (Å²) in [6.07, 6.45) is -0.595. The van der Waals surface area contributed by atoms with Crippen LogP contribution in [0.2, 0.25) is 0 Å². The fourth-order valence-corrected chi connectivity index (χ4v) is 1.84. The highest BCUT2D eigenvalue weighted by Gasteiger charge is 2.16. The average molecular weight is 285 g/mol. The van der Waals surface area contributed by atoms with Gasteiger partial charge in [0.15, 0.2) is 6.10 Å². The lowest BCUT2D eigenvalue weighted by Crippen LogP contribution is -2.30. The molecule has 2 rings (SSSR count). The monoisotopic (exact) mass is 285 g/mol. The molecule has 0 aliphatic rings. The zero-order valence-corrected chi connectivity index (χ0v) is 12.2. The maximum Gasteiger partial charge on any atom is 0.265 e. The Hall–Kier alpha value is -2.49. The highest BCUT2D eigenvalue weighted by atomic mass is 16.5. The van der Waals surface area contributed by atoms with Crippen LogP contribution in [-0.2, 0) is 4.79 Å². The van der Waals surface area contributed by atoms with Crippen molar-refractivity contribution in [2.24, 2.45) is 0 Å². The van der Waals surface area contributed by atoms with Crippen molar-refractivity contribution in [2.45, 2.75) is 20.0 Å². The summed E-state index contributed by atoms with van der Waals surface area (Å²) in [5, 5.41) is 2.83. The van der Waals surface area contributed by atoms with E-state index in [1.54, 1.807) is 13.0 Å². The Kier molecular flexibility index (Phi) is 5.21. The van der Waals surface area contributed by atoms with E-state index in [4.69, 9.17) is 9.47 Å². The number of hydrogen-bond donors (Lipinski definition) is 1. The van der Waals surface area contributed by atoms with Crippen LogP contribution in [0.1, 0.15) is 13.8 Å². The van der Waals surface area contributed by atoms with Gasteiger partial charge in [-0.2, -0.15) is 0 Å². The first-order valence-electron chi connectivity index (χ1n) is 6.95. The summed E-state index contributed by atoms with van der Waals surface area (Å²) in [6, 6.07) is 16.6. The molecule has 0 fully saturated rings. The molecule has 2 aromatic carbocycles. The summed E-state index contributed by atoms with van der Waals surface area (Å²) >= 11 is 0. The smallest absolute Gasteiger partial charge is 0.265 e. The Balaban J connectivity index is 2.01. The first kappa shape index (κ1) is 14.9. The Labute approximate surface area is 124 Å². The van der Waals surface area contributed by atoms with E-state index in [9.17, 15) is 4.79 Å². The zero-order chi connectivity index (χ0) is 15.1. The largest absolute Gasteiger partial charge is 0.492 e. The molecule has 0 aromatic heterocycles. The van der Waals surface area contributed by atoms with Gasteiger partial charge in [0.25, 0.3) is 5.91 Å². The lowest BCUT2D eigenvalue weighted by molar-refractivity contribution is -0.122. The van der Waals surface area contributed by atoms with Crippen molar-refractivity contribution in [1.29, 1.82) is 0 Å². The molecule has 0 saturated heterocycles. The van der Waals surface area contributed by atoms with Crippen LogP contribution in [-0.4, -0.2) is 18.6 Å². The van der Waals surface area contributed by atoms with Crippen molar-refractivity contribution < 1.29 is 14.3 Å². The molecule has 0 bridgehead atoms. The van der Waals surface area contributed by atoms with Crippen molar-refractivity contribution in [3.8, 4) is 11.5 Å². The normalized spacial score (nSPS) is 11.5. The highest BCUT2D eigenvalue weighted by Crippen LogP contribution is 2.24. The predicted molar refractivity (Wildman–Crippen MR) is 82.8 cm³/mol. The van der Waals surface area contributed by atoms with Gasteiger partial charge in [-0.3, -0.25) is 4.79 Å². The average Bonchev–Trinajstić information content (AvgIpc) is 2.50. The molecule has 0 aliphatic heterocycles. The number of amides is 1. The number of anilines is 1. The van der Waals surface area contributed by atoms with E-state index in [1.165, 1.54) is 0 Å². The Morgan fingerprint density at radius 3 is 2.48 bits per heavy atom. The summed E-state index contributed by atoms with van der Waals surface area (Å²) in [4.78, 5) is 12.2. The van der Waals surface area contributed by atoms with Crippen LogP contribution in [0.5, 0.6) is 11.5 Å². The van der Waals surface area contributed by atoms with Crippen molar-refractivity contribution in [2.75, 3.05) is 11.9 Å². The van der Waals surface area contributed by atoms with Crippen LogP contribution in [0.3, 0.4) is 0 Å². The number of para-hydroxylation sites is 3. The molecule has 0 heterocycles. The zero-order valence-electron chi connectivity index (χ0n) is 12.2. The van der Waals surface area contributed by atoms with E-state index in [2.05, 4.69) is 5.32 Å². The lowest BCUT2D eigenvalue weighted by Gasteiger charge is -2.16. The number of carbonyl (C=O) groups excluding carboxylic acids is 1. The molecule has 110 valence electrons. The SMILES string of the molecule is CCOc1ccccc1NC(=O)[C@@H](C)Oc1ccccc1. The van der Waals surface area contributed by atoms with Crippen molar-refractivity contribution >= 4 is 11.6 Å². The topological polar surface area (TPSA) is 47.6 Å². The highest BCUT2D eigenvalue weighted by molar-refractivity contribution is 5.95. The van der Waals surface area contributed by atoms with E-state index in [1.807, 2.05) is 55.5 Å². The number of rotatable bonds is 6. The lowest BCUT2D eigenvalue weighted by atomic mass is 10.2. The molecule has 1 N–H and O–H groups in total. The van der Waals surface area contributed by atoms with Crippen LogP contribution >= 0.6 is 0 Å². The third kappa shape index (κ3) is 4.24. The number of hydrogen-bond acceptors (Lipinski definition) is 3. The van der Waals surface area contributed by atoms with Gasteiger partial charge in [-0.15, -0.1) is 0 Å². The second-order valence-electron chi connectivity index (χ2n) is 4.49. The molecule has 0 spiro atoms. The maximum atomic E-state index is 12.2. The van der Waals surface area contributed by atoms with Gasteiger partial charge in [0, 0.05) is 0 Å². The molecular formula is C17H19NO3. The molecular weight excluding hydrogens is 266 g/mol. The molecule has 4 nitrogen and oxygen atoms in total. The summed E-state index contributed by atoms with van der Waals surface area (Å²) in [7, 11) is 0. The van der Waals surface area contributed by atoms with Gasteiger partial charge in [-0.05, 0) is 38.1 Å². The summed E-state index contributed by atoms with van der Waals surface area (Å²) in [6.45, 7) is 4.16. The van der Waals surface area contributed by atoms with E-state index < -0.39 is 6.10 Å². The Bertz CT molecular complexity index is 584. The standard InChI is InChI=1S/C17H19NO3/c1-3-20-16-12-8-7-11-15(16)18-17(19)13(2)21-14-9-5-4-6-10-14/h4-13H,3H2,1-2H3,(H,18,19)/t13-/m1/s1. The van der Waals surface area contributed by atoms with Crippen molar-refractivity contribution in [3.63, 3.8) is 0 Å². The summed E-state index contributed by atoms with van der Waals surface area (Å²) in [5.74, 6) is 1.10. The van der Waals surface area contributed by atoms with Crippen LogP contribution in [0, 0.1) is 0 Å². The van der Waals surface area contributed by atoms with Crippen LogP contribution in [0.4, 0.5) is 5.69 Å². The number of ether oxygens (including phenoxy) is 2. The predicted octanol–water partition coefficient (Wildman–Crippen LogP) is 3.49. The van der Waals surface area contributed by atoms with Gasteiger partial charge in [-0.25, -0.2) is 0 Å². The fraction of sp³-hybridized carbons (Fsp3) is 0.235. The minimum absolute atomic E-state index is 0.217. The summed E-state index contributed by atoms with van der Waals surface area (Å²) < 4.78 is 11.1. The van der Waals surface area contributed by atoms with Gasteiger partial charge >= 0.3 is 0 Å². The molecule has 0 aliphatic carbocycles.